The summed E-state index contributed by atoms with van der Waals surface area (Å²) in [5, 5.41) is 0. The van der Waals surface area contributed by atoms with Gasteiger partial charge in [0.15, 0.2) is 0 Å². The highest BCUT2D eigenvalue weighted by molar-refractivity contribution is 7.99. The van der Waals surface area contributed by atoms with Crippen LogP contribution in [0, 0.1) is 0 Å². The van der Waals surface area contributed by atoms with Crippen molar-refractivity contribution in [3.05, 3.63) is 241 Å². The van der Waals surface area contributed by atoms with Crippen LogP contribution in [0.2, 0.25) is 0 Å². The fourth-order valence-corrected chi connectivity index (χ4v) is 14.0. The van der Waals surface area contributed by atoms with Crippen LogP contribution in [0.25, 0.3) is 0 Å². The second kappa shape index (κ2) is 18.3. The van der Waals surface area contributed by atoms with E-state index < -0.39 is 0 Å². The Morgan fingerprint density at radius 3 is 1.11 bits per heavy atom. The van der Waals surface area contributed by atoms with Gasteiger partial charge in [-0.2, -0.15) is 0 Å². The van der Waals surface area contributed by atoms with E-state index in [4.69, 9.17) is 0 Å². The summed E-state index contributed by atoms with van der Waals surface area (Å²) < 4.78 is 0. The maximum Gasteiger partial charge on any atom is 0.252 e. The van der Waals surface area contributed by atoms with Gasteiger partial charge in [-0.3, -0.25) is 0 Å². The molecule has 0 unspecified atom stereocenters. The van der Waals surface area contributed by atoms with Gasteiger partial charge in [0.1, 0.15) is 0 Å². The van der Waals surface area contributed by atoms with Gasteiger partial charge in [0.2, 0.25) is 6.71 Å². The Bertz CT molecular complexity index is 3820. The Morgan fingerprint density at radius 2 is 0.658 bits per heavy atom. The molecule has 7 heteroatoms. The summed E-state index contributed by atoms with van der Waals surface area (Å²) in [7, 11) is 0. The molecule has 4 aliphatic rings. The smallest absolute Gasteiger partial charge is 0.252 e. The zero-order valence-corrected chi connectivity index (χ0v) is 44.8. The minimum Gasteiger partial charge on any atom is -0.311 e. The van der Waals surface area contributed by atoms with Gasteiger partial charge in [0, 0.05) is 61.0 Å². The Morgan fingerprint density at radius 1 is 0.289 bits per heavy atom. The predicted octanol–water partition coefficient (Wildman–Crippen LogP) is 15.4. The lowest BCUT2D eigenvalue weighted by atomic mass is 9.30. The summed E-state index contributed by atoms with van der Waals surface area (Å²) in [5.74, 6) is 1.04. The van der Waals surface area contributed by atoms with Gasteiger partial charge >= 0.3 is 0 Å². The lowest BCUT2D eigenvalue weighted by Crippen LogP contribution is -2.64. The van der Waals surface area contributed by atoms with Crippen LogP contribution >= 0.6 is 11.8 Å². The maximum atomic E-state index is 2.66. The molecule has 0 atom stereocenters. The van der Waals surface area contributed by atoms with Crippen molar-refractivity contribution in [3.63, 3.8) is 0 Å². The van der Waals surface area contributed by atoms with Crippen molar-refractivity contribution in [2.24, 2.45) is 0 Å². The predicted molar refractivity (Wildman–Crippen MR) is 327 cm³/mol. The molecule has 76 heavy (non-hydrogen) atoms. The summed E-state index contributed by atoms with van der Waals surface area (Å²) in [4.78, 5) is 12.7. The van der Waals surface area contributed by atoms with Crippen molar-refractivity contribution in [2.45, 2.75) is 69.1 Å². The van der Waals surface area contributed by atoms with Crippen LogP contribution in [-0.4, -0.2) is 13.4 Å². The Kier molecular flexibility index (Phi) is 11.2. The van der Waals surface area contributed by atoms with E-state index in [-0.39, 0.29) is 13.4 Å². The molecule has 0 radical (unpaired) electrons. The molecule has 0 aromatic heterocycles. The molecular formula is C69H58B2N4S. The summed E-state index contributed by atoms with van der Waals surface area (Å²) in [6.45, 7) is 14.2. The Hall–Kier alpha value is -8.12. The topological polar surface area (TPSA) is 13.0 Å². The number of para-hydroxylation sites is 7. The van der Waals surface area contributed by atoms with Crippen molar-refractivity contribution < 1.29 is 0 Å². The van der Waals surface area contributed by atoms with Crippen molar-refractivity contribution in [3.8, 4) is 0 Å². The van der Waals surface area contributed by atoms with Crippen molar-refractivity contribution in [1.82, 2.24) is 0 Å². The molecule has 14 rings (SSSR count). The van der Waals surface area contributed by atoms with E-state index in [0.717, 1.165) is 22.7 Å². The minimum absolute atomic E-state index is 0.0300. The third-order valence-corrected chi connectivity index (χ3v) is 17.5. The van der Waals surface area contributed by atoms with E-state index >= 15 is 0 Å². The molecule has 10 aromatic rings. The molecule has 0 aliphatic carbocycles. The standard InChI is InChI=1S/C69H58B2N4S/c1-44(2)47-38-52(45(3)4)68(53(39-47)46(5)6)70-54-30-16-18-32-58(54)72(48-24-10-7-11-25-48)62-43-63-57(42-56(62)70)71-55-31-17-19-33-59(55)73(49-26-12-8-13-27-49)64-40-51(41-65(69(64)71)74(63)50-28-14-9-15-29-50)75-60-34-20-22-36-66(60)76-67-37-23-21-35-61(67)75/h7-46H,1-6H3. The zero-order valence-electron chi connectivity index (χ0n) is 43.9. The lowest BCUT2D eigenvalue weighted by Gasteiger charge is -2.46. The van der Waals surface area contributed by atoms with E-state index in [1.165, 1.54) is 105 Å². The molecule has 10 aromatic carbocycles. The highest BCUT2D eigenvalue weighted by atomic mass is 32.2. The van der Waals surface area contributed by atoms with E-state index in [1.54, 1.807) is 0 Å². The summed E-state index contributed by atoms with van der Waals surface area (Å²) in [6.07, 6.45) is 0. The number of nitrogens with zero attached hydrogens (tertiary/aromatic N) is 4. The number of hydrogen-bond donors (Lipinski definition) is 0. The normalized spacial score (nSPS) is 13.8. The van der Waals surface area contributed by atoms with E-state index in [9.17, 15) is 0 Å². The number of rotatable bonds is 8. The molecule has 4 nitrogen and oxygen atoms in total. The molecule has 0 N–H and O–H groups in total. The Balaban J connectivity index is 1.12. The van der Waals surface area contributed by atoms with E-state index in [2.05, 4.69) is 286 Å². The number of fused-ring (bicyclic) bond motifs is 8. The van der Waals surface area contributed by atoms with Crippen LogP contribution in [-0.2, 0) is 0 Å². The van der Waals surface area contributed by atoms with Crippen LogP contribution in [0.4, 0.5) is 68.2 Å². The van der Waals surface area contributed by atoms with Gasteiger partial charge in [-0.1, -0.05) is 192 Å². The van der Waals surface area contributed by atoms with Gasteiger partial charge in [-0.15, -0.1) is 0 Å². The van der Waals surface area contributed by atoms with Crippen LogP contribution in [0.15, 0.2) is 234 Å². The summed E-state index contributed by atoms with van der Waals surface area (Å²) in [6, 6.07) is 84.8. The molecule has 4 heterocycles. The molecule has 366 valence electrons. The molecule has 0 saturated heterocycles. The fraction of sp³-hybridized carbons (Fsp3) is 0.130. The highest BCUT2D eigenvalue weighted by Gasteiger charge is 2.47. The molecule has 0 bridgehead atoms. The first kappa shape index (κ1) is 46.4. The summed E-state index contributed by atoms with van der Waals surface area (Å²) >= 11 is 1.85. The van der Waals surface area contributed by atoms with Gasteiger partial charge in [0.05, 0.1) is 17.1 Å². The third kappa shape index (κ3) is 7.23. The largest absolute Gasteiger partial charge is 0.311 e. The monoisotopic (exact) mass is 996 g/mol. The molecular weight excluding hydrogens is 938 g/mol. The van der Waals surface area contributed by atoms with Gasteiger partial charge in [-0.05, 0) is 153 Å². The quantitative estimate of drug-likeness (QED) is 0.140. The maximum absolute atomic E-state index is 2.66. The second-order valence-electron chi connectivity index (χ2n) is 21.8. The number of anilines is 12. The highest BCUT2D eigenvalue weighted by Crippen LogP contribution is 2.54. The Labute approximate surface area is 453 Å². The minimum atomic E-state index is -0.0904. The fourth-order valence-electron chi connectivity index (χ4n) is 13.0. The SMILES string of the molecule is CC(C)c1cc(C(C)C)c(B2c3ccccc3N(c3ccccc3)c3cc4c(cc32)B2c3ccccc3N(c3ccccc3)c3cc(N5c6ccccc6Sc6ccccc65)cc(c32)N4c2ccccc2)c(C(C)C)c1. The van der Waals surface area contributed by atoms with Gasteiger partial charge < -0.3 is 19.6 Å². The van der Waals surface area contributed by atoms with E-state index in [1.807, 2.05) is 11.8 Å². The first-order valence-corrected chi connectivity index (χ1v) is 28.0. The third-order valence-electron chi connectivity index (χ3n) is 16.3. The molecule has 4 aliphatic heterocycles. The van der Waals surface area contributed by atoms with Crippen LogP contribution in [0.1, 0.15) is 76.0 Å². The van der Waals surface area contributed by atoms with Crippen LogP contribution in [0.3, 0.4) is 0 Å². The molecule has 0 spiro atoms. The van der Waals surface area contributed by atoms with E-state index in [0.29, 0.717) is 17.8 Å². The molecule has 0 fully saturated rings. The molecule has 0 saturated carbocycles. The van der Waals surface area contributed by atoms with Crippen molar-refractivity contribution >= 4 is 126 Å². The van der Waals surface area contributed by atoms with Crippen LogP contribution in [0.5, 0.6) is 0 Å². The first-order valence-electron chi connectivity index (χ1n) is 27.2. The van der Waals surface area contributed by atoms with Crippen LogP contribution < -0.4 is 52.4 Å². The average molecular weight is 997 g/mol. The second-order valence-corrected chi connectivity index (χ2v) is 22.9. The average Bonchev–Trinajstić information content (AvgIpc) is 3.65. The number of hydrogen-bond acceptors (Lipinski definition) is 5. The first-order chi connectivity index (χ1) is 37.2. The van der Waals surface area contributed by atoms with Gasteiger partial charge in [-0.25, -0.2) is 0 Å². The zero-order chi connectivity index (χ0) is 51.3. The number of benzene rings is 10. The lowest BCUT2D eigenvalue weighted by molar-refractivity contribution is 0.812. The van der Waals surface area contributed by atoms with Crippen molar-refractivity contribution in [2.75, 3.05) is 19.6 Å². The van der Waals surface area contributed by atoms with Crippen molar-refractivity contribution in [1.29, 1.82) is 0 Å². The molecule has 0 amide bonds. The summed E-state index contributed by atoms with van der Waals surface area (Å²) in [5.41, 5.74) is 26.4. The van der Waals surface area contributed by atoms with Gasteiger partial charge in [0.25, 0.3) is 6.71 Å².